The summed E-state index contributed by atoms with van der Waals surface area (Å²) in [7, 11) is 1.53. The van der Waals surface area contributed by atoms with Crippen molar-refractivity contribution in [2.24, 2.45) is 0 Å². The van der Waals surface area contributed by atoms with Crippen molar-refractivity contribution in [2.45, 2.75) is 19.3 Å². The number of hydrogen-bond acceptors (Lipinski definition) is 10. The van der Waals surface area contributed by atoms with Crippen LogP contribution in [0.1, 0.15) is 46.0 Å². The van der Waals surface area contributed by atoms with Gasteiger partial charge in [-0.2, -0.15) is 19.2 Å². The number of rotatable bonds is 7. The van der Waals surface area contributed by atoms with Crippen LogP contribution in [0.3, 0.4) is 0 Å². The van der Waals surface area contributed by atoms with Gasteiger partial charge in [0.05, 0.1) is 26.9 Å². The van der Waals surface area contributed by atoms with Gasteiger partial charge in [0, 0.05) is 59.3 Å². The number of hydrogen-bond donors (Lipinski definition) is 1. The molecule has 1 N–H and O–H groups in total. The van der Waals surface area contributed by atoms with E-state index in [0.29, 0.717) is 39.4 Å². The predicted molar refractivity (Wildman–Crippen MR) is 196 cm³/mol. The maximum atomic E-state index is 15.6. The van der Waals surface area contributed by atoms with E-state index in [0.717, 1.165) is 15.8 Å². The average molecular weight is 744 g/mol. The van der Waals surface area contributed by atoms with Gasteiger partial charge < -0.3 is 5.32 Å². The summed E-state index contributed by atoms with van der Waals surface area (Å²) >= 11 is 8.14. The molecule has 6 aromatic heterocycles. The topological polar surface area (TPSA) is 141 Å². The molecule has 0 spiro atoms. The Morgan fingerprint density at radius 3 is 2.66 bits per heavy atom. The van der Waals surface area contributed by atoms with Crippen LogP contribution in [0.25, 0.3) is 54.8 Å². The highest BCUT2D eigenvalue weighted by atomic mass is 35.5. The van der Waals surface area contributed by atoms with E-state index in [1.807, 2.05) is 29.8 Å². The number of carbonyl (C=O) groups is 1. The molecule has 0 radical (unpaired) electrons. The third-order valence-corrected chi connectivity index (χ3v) is 10.2. The van der Waals surface area contributed by atoms with Crippen molar-refractivity contribution < 1.29 is 13.6 Å². The van der Waals surface area contributed by atoms with Gasteiger partial charge in [-0.25, -0.2) is 13.8 Å². The minimum atomic E-state index is -0.779. The zero-order valence-corrected chi connectivity index (χ0v) is 29.4. The summed E-state index contributed by atoms with van der Waals surface area (Å²) in [6, 6.07) is 20.9. The molecule has 9 rings (SSSR count). The zero-order chi connectivity index (χ0) is 36.4. The van der Waals surface area contributed by atoms with Crippen LogP contribution in [0.4, 0.5) is 8.78 Å². The molecule has 6 heterocycles. The Balaban J connectivity index is 1.14. The van der Waals surface area contributed by atoms with Crippen LogP contribution in [-0.4, -0.2) is 62.5 Å². The second-order valence-electron chi connectivity index (χ2n) is 12.3. The lowest BCUT2D eigenvalue weighted by molar-refractivity contribution is 0.0963. The van der Waals surface area contributed by atoms with Crippen molar-refractivity contribution in [1.82, 2.24) is 54.9 Å². The molecule has 9 aromatic rings. The highest BCUT2D eigenvalue weighted by Gasteiger charge is 2.24. The first-order valence-electron chi connectivity index (χ1n) is 16.3. The number of aromatic nitrogens is 10. The summed E-state index contributed by atoms with van der Waals surface area (Å²) < 4.78 is 34.9. The average Bonchev–Trinajstić information content (AvgIpc) is 3.93. The van der Waals surface area contributed by atoms with Crippen LogP contribution in [0.5, 0.6) is 0 Å². The second-order valence-corrected chi connectivity index (χ2v) is 13.6. The first kappa shape index (κ1) is 32.6. The van der Waals surface area contributed by atoms with Crippen LogP contribution in [0, 0.1) is 11.6 Å². The number of carbonyl (C=O) groups excluding carboxylic acids is 1. The lowest BCUT2D eigenvalue weighted by atomic mass is 9.96. The van der Waals surface area contributed by atoms with Crippen molar-refractivity contribution in [2.75, 3.05) is 7.05 Å². The number of nitrogens with one attached hydrogen (secondary N) is 1. The van der Waals surface area contributed by atoms with E-state index in [4.69, 9.17) is 16.7 Å². The van der Waals surface area contributed by atoms with E-state index >= 15 is 8.78 Å². The molecule has 1 unspecified atom stereocenters. The number of nitrogens with zero attached hydrogens (tertiary/aromatic N) is 10. The molecule has 0 aliphatic rings. The standard InChI is InChI=1S/C37H24ClF2N11OS/c1-18(19-6-8-28-30(13-19)53-17-43-28)35-46-44-32-10-9-27(48-50(32)35)20-5-7-21(37(52)41-2)23(12-20)24-14-31(38)49-51-33(45-47-36(24)51)15-25-26(39)16-29-22(34(25)40)4-3-11-42-29/h3-14,16-18H,15H2,1-2H3,(H,41,52). The van der Waals surface area contributed by atoms with Gasteiger partial charge in [0.15, 0.2) is 28.1 Å². The molecule has 12 nitrogen and oxygen atoms in total. The molecule has 260 valence electrons. The summed E-state index contributed by atoms with van der Waals surface area (Å²) in [5.74, 6) is -1.23. The van der Waals surface area contributed by atoms with Gasteiger partial charge in [-0.05, 0) is 65.7 Å². The number of thiazole rings is 1. The van der Waals surface area contributed by atoms with Crippen LogP contribution >= 0.6 is 22.9 Å². The molecule has 0 aliphatic carbocycles. The van der Waals surface area contributed by atoms with Crippen LogP contribution in [0.15, 0.2) is 84.5 Å². The van der Waals surface area contributed by atoms with Gasteiger partial charge in [-0.1, -0.05) is 30.7 Å². The van der Waals surface area contributed by atoms with Crippen LogP contribution in [0.2, 0.25) is 5.15 Å². The molecular weight excluding hydrogens is 720 g/mol. The smallest absolute Gasteiger partial charge is 0.251 e. The third-order valence-electron chi connectivity index (χ3n) is 9.24. The van der Waals surface area contributed by atoms with E-state index in [1.165, 1.54) is 29.9 Å². The van der Waals surface area contributed by atoms with E-state index in [9.17, 15) is 4.79 Å². The minimum Gasteiger partial charge on any atom is -0.355 e. The SMILES string of the molecule is CNC(=O)c1ccc(-c2ccc3nnc(C(C)c4ccc5ncsc5c4)n3n2)cc1-c1cc(Cl)nn2c(Cc3c(F)cc4ncccc4c3F)nnc12. The fraction of sp³-hybridized carbons (Fsp3) is 0.108. The number of fused-ring (bicyclic) bond motifs is 4. The summed E-state index contributed by atoms with van der Waals surface area (Å²) in [6.07, 6.45) is 1.19. The molecule has 0 bridgehead atoms. The monoisotopic (exact) mass is 743 g/mol. The quantitative estimate of drug-likeness (QED) is 0.181. The molecule has 53 heavy (non-hydrogen) atoms. The van der Waals surface area contributed by atoms with Gasteiger partial charge >= 0.3 is 0 Å². The Morgan fingerprint density at radius 2 is 1.79 bits per heavy atom. The highest BCUT2D eigenvalue weighted by molar-refractivity contribution is 7.16. The largest absolute Gasteiger partial charge is 0.355 e. The number of benzene rings is 3. The first-order chi connectivity index (χ1) is 25.8. The Hall–Kier alpha value is -6.32. The Morgan fingerprint density at radius 1 is 0.906 bits per heavy atom. The second kappa shape index (κ2) is 12.7. The van der Waals surface area contributed by atoms with Crippen LogP contribution < -0.4 is 5.32 Å². The molecular formula is C37H24ClF2N11OS. The maximum Gasteiger partial charge on any atom is 0.251 e. The van der Waals surface area contributed by atoms with Gasteiger partial charge in [0.2, 0.25) is 0 Å². The lowest BCUT2D eigenvalue weighted by Gasteiger charge is -2.13. The van der Waals surface area contributed by atoms with Crippen molar-refractivity contribution in [3.05, 3.63) is 130 Å². The van der Waals surface area contributed by atoms with E-state index in [2.05, 4.69) is 53.8 Å². The van der Waals surface area contributed by atoms with E-state index in [-0.39, 0.29) is 51.3 Å². The zero-order valence-electron chi connectivity index (χ0n) is 27.8. The maximum absolute atomic E-state index is 15.6. The lowest BCUT2D eigenvalue weighted by Crippen LogP contribution is -2.19. The predicted octanol–water partition coefficient (Wildman–Crippen LogP) is 7.09. The van der Waals surface area contributed by atoms with E-state index in [1.54, 1.807) is 46.2 Å². The Kier molecular flexibility index (Phi) is 7.82. The summed E-state index contributed by atoms with van der Waals surface area (Å²) in [4.78, 5) is 21.7. The van der Waals surface area contributed by atoms with Crippen molar-refractivity contribution >= 4 is 61.3 Å². The molecule has 0 saturated heterocycles. The van der Waals surface area contributed by atoms with Crippen molar-refractivity contribution in [3.63, 3.8) is 0 Å². The van der Waals surface area contributed by atoms with Gasteiger partial charge in [-0.15, -0.1) is 31.7 Å². The summed E-state index contributed by atoms with van der Waals surface area (Å²) in [6.45, 7) is 2.05. The van der Waals surface area contributed by atoms with Crippen molar-refractivity contribution in [3.8, 4) is 22.4 Å². The Labute approximate surface area is 307 Å². The van der Waals surface area contributed by atoms with Crippen LogP contribution in [-0.2, 0) is 6.42 Å². The number of pyridine rings is 1. The highest BCUT2D eigenvalue weighted by Crippen LogP contribution is 2.34. The van der Waals surface area contributed by atoms with E-state index < -0.39 is 11.6 Å². The fourth-order valence-corrected chi connectivity index (χ4v) is 7.40. The minimum absolute atomic E-state index is 0.0460. The first-order valence-corrected chi connectivity index (χ1v) is 17.6. The van der Waals surface area contributed by atoms with Gasteiger partial charge in [0.1, 0.15) is 11.6 Å². The normalized spacial score (nSPS) is 12.3. The van der Waals surface area contributed by atoms with Gasteiger partial charge in [0.25, 0.3) is 5.91 Å². The van der Waals surface area contributed by atoms with Gasteiger partial charge in [-0.3, -0.25) is 9.78 Å². The Bertz CT molecular complexity index is 2930. The molecule has 16 heteroatoms. The summed E-state index contributed by atoms with van der Waals surface area (Å²) in [5, 5.41) is 29.7. The molecule has 0 saturated carbocycles. The number of amides is 1. The molecule has 3 aromatic carbocycles. The third kappa shape index (κ3) is 5.52. The summed E-state index contributed by atoms with van der Waals surface area (Å²) in [5.41, 5.74) is 7.05. The molecule has 0 fully saturated rings. The molecule has 0 aliphatic heterocycles. The fourth-order valence-electron chi connectivity index (χ4n) is 6.49. The molecule has 1 atom stereocenters. The molecule has 1 amide bonds. The van der Waals surface area contributed by atoms with Crippen molar-refractivity contribution in [1.29, 1.82) is 0 Å². The number of halogens is 3.